The van der Waals surface area contributed by atoms with E-state index in [2.05, 4.69) is 34.3 Å². The fourth-order valence-corrected chi connectivity index (χ4v) is 3.97. The number of hydrogen-bond acceptors (Lipinski definition) is 4. The van der Waals surface area contributed by atoms with E-state index in [1.165, 1.54) is 5.57 Å². The van der Waals surface area contributed by atoms with Gasteiger partial charge in [0, 0.05) is 6.42 Å². The maximum Gasteiger partial charge on any atom is 0.120 e. The van der Waals surface area contributed by atoms with Crippen molar-refractivity contribution in [3.63, 3.8) is 0 Å². The van der Waals surface area contributed by atoms with Crippen molar-refractivity contribution in [2.75, 3.05) is 6.61 Å². The summed E-state index contributed by atoms with van der Waals surface area (Å²) in [5.74, 6) is 0. The lowest BCUT2D eigenvalue weighted by atomic mass is 9.80. The van der Waals surface area contributed by atoms with Gasteiger partial charge in [0.15, 0.2) is 0 Å². The van der Waals surface area contributed by atoms with Crippen LogP contribution in [0.15, 0.2) is 23.3 Å². The Morgan fingerprint density at radius 1 is 1.16 bits per heavy atom. The van der Waals surface area contributed by atoms with Crippen LogP contribution in [0.25, 0.3) is 0 Å². The highest BCUT2D eigenvalue weighted by atomic mass is 16.5. The Bertz CT molecular complexity index is 514. The highest BCUT2D eigenvalue weighted by Crippen LogP contribution is 2.38. The zero-order valence-electron chi connectivity index (χ0n) is 16.2. The third kappa shape index (κ3) is 5.25. The lowest BCUT2D eigenvalue weighted by molar-refractivity contribution is -0.108. The molecular formula is C21H34O4. The number of aldehydes is 1. The van der Waals surface area contributed by atoms with Crippen LogP contribution in [0, 0.1) is 5.41 Å². The minimum absolute atomic E-state index is 0.0363. The predicted octanol–water partition coefficient (Wildman–Crippen LogP) is 3.97. The standard InChI is InChI=1S/C21H34O4/c1-14-11-17(25-20(18(14)13-23)21(3,4)5)8-9-19-15(2)12-16(24-19)7-6-10-22/h10,16-17,19-20,23H,2,6-9,11-13H2,1,3-5H3/t16-,17-,19-,20-/m0/s1. The molecule has 4 nitrogen and oxygen atoms in total. The van der Waals surface area contributed by atoms with E-state index < -0.39 is 0 Å². The van der Waals surface area contributed by atoms with E-state index in [1.807, 2.05) is 0 Å². The van der Waals surface area contributed by atoms with Gasteiger partial charge >= 0.3 is 0 Å². The SMILES string of the molecule is C=C1C[C@H](CCC=O)O[C@H]1CC[C@H]1CC(C)=C(CO)[C@@H](C(C)(C)C)O1. The summed E-state index contributed by atoms with van der Waals surface area (Å²) in [6, 6.07) is 0. The third-order valence-corrected chi connectivity index (χ3v) is 5.34. The molecule has 1 fully saturated rings. The summed E-state index contributed by atoms with van der Waals surface area (Å²) in [5.41, 5.74) is 3.40. The fraction of sp³-hybridized carbons (Fsp3) is 0.762. The van der Waals surface area contributed by atoms with Crippen molar-refractivity contribution >= 4 is 6.29 Å². The maximum absolute atomic E-state index is 10.5. The molecule has 4 heteroatoms. The smallest absolute Gasteiger partial charge is 0.120 e. The zero-order valence-corrected chi connectivity index (χ0v) is 16.2. The summed E-state index contributed by atoms with van der Waals surface area (Å²) in [6.07, 6.45) is 6.19. The summed E-state index contributed by atoms with van der Waals surface area (Å²) < 4.78 is 12.4. The molecule has 0 aromatic carbocycles. The minimum atomic E-state index is -0.0377. The Labute approximate surface area is 152 Å². The van der Waals surface area contributed by atoms with Crippen LogP contribution in [-0.2, 0) is 14.3 Å². The summed E-state index contributed by atoms with van der Waals surface area (Å²) in [6.45, 7) is 12.8. The van der Waals surface area contributed by atoms with E-state index in [9.17, 15) is 9.90 Å². The van der Waals surface area contributed by atoms with Gasteiger partial charge in [-0.2, -0.15) is 0 Å². The molecular weight excluding hydrogens is 316 g/mol. The number of aliphatic hydroxyl groups excluding tert-OH is 1. The Balaban J connectivity index is 1.92. The van der Waals surface area contributed by atoms with Crippen molar-refractivity contribution in [1.29, 1.82) is 0 Å². The van der Waals surface area contributed by atoms with E-state index >= 15 is 0 Å². The van der Waals surface area contributed by atoms with E-state index in [1.54, 1.807) is 0 Å². The maximum atomic E-state index is 10.5. The first kappa shape index (κ1) is 20.3. The van der Waals surface area contributed by atoms with Gasteiger partial charge in [0.1, 0.15) is 6.29 Å². The van der Waals surface area contributed by atoms with E-state index in [-0.39, 0.29) is 36.4 Å². The van der Waals surface area contributed by atoms with Crippen molar-refractivity contribution in [1.82, 2.24) is 0 Å². The van der Waals surface area contributed by atoms with Gasteiger partial charge < -0.3 is 19.4 Å². The molecule has 0 aromatic rings. The molecule has 0 bridgehead atoms. The van der Waals surface area contributed by atoms with E-state index in [0.717, 1.165) is 49.5 Å². The Kier molecular flexibility index (Phi) is 7.01. The molecule has 0 radical (unpaired) electrons. The van der Waals surface area contributed by atoms with Gasteiger partial charge in [-0.1, -0.05) is 32.9 Å². The van der Waals surface area contributed by atoms with Crippen LogP contribution in [0.4, 0.5) is 0 Å². The zero-order chi connectivity index (χ0) is 18.6. The van der Waals surface area contributed by atoms with Crippen LogP contribution >= 0.6 is 0 Å². The van der Waals surface area contributed by atoms with E-state index in [0.29, 0.717) is 6.42 Å². The van der Waals surface area contributed by atoms with Gasteiger partial charge in [-0.25, -0.2) is 0 Å². The number of carbonyl (C=O) groups is 1. The average molecular weight is 350 g/mol. The molecule has 0 spiro atoms. The Morgan fingerprint density at radius 2 is 1.84 bits per heavy atom. The topological polar surface area (TPSA) is 55.8 Å². The monoisotopic (exact) mass is 350 g/mol. The third-order valence-electron chi connectivity index (χ3n) is 5.34. The number of aliphatic hydroxyl groups is 1. The van der Waals surface area contributed by atoms with Gasteiger partial charge in [0.05, 0.1) is 31.0 Å². The van der Waals surface area contributed by atoms with Gasteiger partial charge in [-0.3, -0.25) is 0 Å². The highest BCUT2D eigenvalue weighted by molar-refractivity contribution is 5.49. The van der Waals surface area contributed by atoms with Crippen LogP contribution < -0.4 is 0 Å². The summed E-state index contributed by atoms with van der Waals surface area (Å²) in [5, 5.41) is 9.72. The van der Waals surface area contributed by atoms with Crippen molar-refractivity contribution in [2.45, 2.75) is 90.6 Å². The summed E-state index contributed by atoms with van der Waals surface area (Å²) in [4.78, 5) is 10.5. The highest BCUT2D eigenvalue weighted by Gasteiger charge is 2.36. The van der Waals surface area contributed by atoms with Crippen molar-refractivity contribution in [3.8, 4) is 0 Å². The Morgan fingerprint density at radius 3 is 2.44 bits per heavy atom. The lowest BCUT2D eigenvalue weighted by Crippen LogP contribution is -2.40. The molecule has 25 heavy (non-hydrogen) atoms. The van der Waals surface area contributed by atoms with Crippen molar-refractivity contribution < 1.29 is 19.4 Å². The lowest BCUT2D eigenvalue weighted by Gasteiger charge is -2.40. The first-order valence-electron chi connectivity index (χ1n) is 9.47. The molecule has 142 valence electrons. The van der Waals surface area contributed by atoms with Crippen molar-refractivity contribution in [3.05, 3.63) is 23.3 Å². The van der Waals surface area contributed by atoms with Crippen LogP contribution in [0.2, 0.25) is 0 Å². The molecule has 2 heterocycles. The summed E-state index contributed by atoms with van der Waals surface area (Å²) >= 11 is 0. The van der Waals surface area contributed by atoms with Crippen LogP contribution in [0.1, 0.15) is 66.2 Å². The average Bonchev–Trinajstić information content (AvgIpc) is 2.89. The first-order valence-corrected chi connectivity index (χ1v) is 9.47. The van der Waals surface area contributed by atoms with Gasteiger partial charge in [0.2, 0.25) is 0 Å². The van der Waals surface area contributed by atoms with Crippen LogP contribution in [-0.4, -0.2) is 42.4 Å². The molecule has 0 aromatic heterocycles. The summed E-state index contributed by atoms with van der Waals surface area (Å²) in [7, 11) is 0. The molecule has 1 saturated heterocycles. The number of rotatable bonds is 7. The fourth-order valence-electron chi connectivity index (χ4n) is 3.97. The van der Waals surface area contributed by atoms with Crippen molar-refractivity contribution in [2.24, 2.45) is 5.41 Å². The van der Waals surface area contributed by atoms with Gasteiger partial charge in [0.25, 0.3) is 0 Å². The van der Waals surface area contributed by atoms with Crippen LogP contribution in [0.3, 0.4) is 0 Å². The second-order valence-electron chi connectivity index (χ2n) is 8.60. The number of hydrogen-bond donors (Lipinski definition) is 1. The number of ether oxygens (including phenoxy) is 2. The molecule has 0 amide bonds. The molecule has 0 unspecified atom stereocenters. The molecule has 0 saturated carbocycles. The molecule has 1 N–H and O–H groups in total. The van der Waals surface area contributed by atoms with Gasteiger partial charge in [-0.05, 0) is 55.6 Å². The second kappa shape index (κ2) is 8.61. The largest absolute Gasteiger partial charge is 0.392 e. The molecule has 2 rings (SSSR count). The molecule has 0 aliphatic carbocycles. The van der Waals surface area contributed by atoms with E-state index in [4.69, 9.17) is 9.47 Å². The Hall–Kier alpha value is -0.970. The minimum Gasteiger partial charge on any atom is -0.392 e. The normalized spacial score (nSPS) is 30.8. The molecule has 2 aliphatic heterocycles. The molecule has 2 aliphatic rings. The van der Waals surface area contributed by atoms with Gasteiger partial charge in [-0.15, -0.1) is 0 Å². The quantitative estimate of drug-likeness (QED) is 0.557. The predicted molar refractivity (Wildman–Crippen MR) is 99.5 cm³/mol. The molecule has 4 atom stereocenters. The first-order chi connectivity index (χ1) is 11.8. The van der Waals surface area contributed by atoms with Crippen LogP contribution in [0.5, 0.6) is 0 Å². The second-order valence-corrected chi connectivity index (χ2v) is 8.60. The number of carbonyl (C=O) groups excluding carboxylic acids is 1.